The fourth-order valence-corrected chi connectivity index (χ4v) is 2.35. The van der Waals surface area contributed by atoms with E-state index in [-0.39, 0.29) is 11.5 Å². The van der Waals surface area contributed by atoms with Gasteiger partial charge in [0, 0.05) is 5.56 Å². The first-order valence-corrected chi connectivity index (χ1v) is 6.10. The minimum atomic E-state index is -4.47. The summed E-state index contributed by atoms with van der Waals surface area (Å²) >= 11 is 0. The first-order valence-electron chi connectivity index (χ1n) is 6.10. The van der Waals surface area contributed by atoms with Crippen LogP contribution >= 0.6 is 0 Å². The molecule has 1 fully saturated rings. The third kappa shape index (κ3) is 3.26. The Kier molecular flexibility index (Phi) is 3.80. The Labute approximate surface area is 109 Å². The van der Waals surface area contributed by atoms with Crippen LogP contribution in [0.4, 0.5) is 13.2 Å². The third-order valence-corrected chi connectivity index (χ3v) is 3.38. The van der Waals surface area contributed by atoms with Crippen LogP contribution in [0.5, 0.6) is 0 Å². The maximum absolute atomic E-state index is 12.8. The zero-order valence-corrected chi connectivity index (χ0v) is 10.3. The number of carbonyl (C=O) groups excluding carboxylic acids is 1. The van der Waals surface area contributed by atoms with Crippen LogP contribution in [0, 0.1) is 0 Å². The summed E-state index contributed by atoms with van der Waals surface area (Å²) in [5.74, 6) is -0.789. The van der Waals surface area contributed by atoms with Gasteiger partial charge in [0.05, 0.1) is 5.56 Å². The average Bonchev–Trinajstić information content (AvgIpc) is 2.38. The van der Waals surface area contributed by atoms with Crippen molar-refractivity contribution in [2.24, 2.45) is 5.73 Å². The molecule has 0 saturated carbocycles. The molecule has 1 aromatic rings. The van der Waals surface area contributed by atoms with Crippen LogP contribution in [-0.2, 0) is 6.18 Å². The highest BCUT2D eigenvalue weighted by Crippen LogP contribution is 2.34. The number of hydrogen-bond acceptors (Lipinski definition) is 2. The third-order valence-electron chi connectivity index (χ3n) is 3.38. The lowest BCUT2D eigenvalue weighted by molar-refractivity contribution is -0.137. The van der Waals surface area contributed by atoms with Gasteiger partial charge in [-0.2, -0.15) is 13.2 Å². The Balaban J connectivity index is 2.41. The van der Waals surface area contributed by atoms with E-state index in [1.807, 2.05) is 0 Å². The van der Waals surface area contributed by atoms with Crippen molar-refractivity contribution in [2.45, 2.75) is 24.9 Å². The maximum Gasteiger partial charge on any atom is 0.416 e. The standard InChI is InChI=1S/C13H15F3N2O/c14-13(15,16)11-6-9(5-10(7-11)12(17)19)8-1-3-18-4-2-8/h5-8,18H,1-4H2,(H2,17,19). The molecule has 0 bridgehead atoms. The number of rotatable bonds is 2. The molecule has 0 spiro atoms. The fraction of sp³-hybridized carbons (Fsp3) is 0.462. The molecule has 0 atom stereocenters. The predicted molar refractivity (Wildman–Crippen MR) is 64.8 cm³/mol. The molecule has 104 valence electrons. The normalized spacial score (nSPS) is 17.4. The Bertz CT molecular complexity index is 479. The number of benzene rings is 1. The minimum Gasteiger partial charge on any atom is -0.366 e. The molecule has 1 amide bonds. The molecule has 3 nitrogen and oxygen atoms in total. The first-order chi connectivity index (χ1) is 8.88. The number of amides is 1. The van der Waals surface area contributed by atoms with Gasteiger partial charge in [-0.05, 0) is 55.6 Å². The van der Waals surface area contributed by atoms with Gasteiger partial charge in [0.2, 0.25) is 5.91 Å². The number of hydrogen-bond donors (Lipinski definition) is 2. The van der Waals surface area contributed by atoms with Gasteiger partial charge in [-0.15, -0.1) is 0 Å². The SMILES string of the molecule is NC(=O)c1cc(C2CCNCC2)cc(C(F)(F)F)c1. The largest absolute Gasteiger partial charge is 0.416 e. The van der Waals surface area contributed by atoms with Crippen LogP contribution in [0.3, 0.4) is 0 Å². The Morgan fingerprint density at radius 2 is 1.84 bits per heavy atom. The zero-order chi connectivity index (χ0) is 14.0. The molecule has 19 heavy (non-hydrogen) atoms. The van der Waals surface area contributed by atoms with Crippen molar-refractivity contribution < 1.29 is 18.0 Å². The van der Waals surface area contributed by atoms with Crippen LogP contribution in [0.2, 0.25) is 0 Å². The second-order valence-electron chi connectivity index (χ2n) is 4.73. The fourth-order valence-electron chi connectivity index (χ4n) is 2.35. The summed E-state index contributed by atoms with van der Waals surface area (Å²) in [5.41, 5.74) is 4.76. The van der Waals surface area contributed by atoms with E-state index in [9.17, 15) is 18.0 Å². The lowest BCUT2D eigenvalue weighted by atomic mass is 9.88. The minimum absolute atomic E-state index is 0.0432. The van der Waals surface area contributed by atoms with Gasteiger partial charge in [-0.25, -0.2) is 0 Å². The predicted octanol–water partition coefficient (Wildman–Crippen LogP) is 2.27. The van der Waals surface area contributed by atoms with Gasteiger partial charge in [0.25, 0.3) is 0 Å². The lowest BCUT2D eigenvalue weighted by Gasteiger charge is -2.24. The second kappa shape index (κ2) is 5.21. The first kappa shape index (κ1) is 13.9. The Hall–Kier alpha value is -1.56. The molecule has 2 rings (SSSR count). The van der Waals surface area contributed by atoms with Crippen LogP contribution in [0.1, 0.15) is 40.2 Å². The summed E-state index contributed by atoms with van der Waals surface area (Å²) in [4.78, 5) is 11.2. The smallest absolute Gasteiger partial charge is 0.366 e. The Morgan fingerprint density at radius 3 is 2.37 bits per heavy atom. The molecule has 0 unspecified atom stereocenters. The summed E-state index contributed by atoms with van der Waals surface area (Å²) in [6.07, 6.45) is -2.94. The van der Waals surface area contributed by atoms with Crippen molar-refractivity contribution in [3.8, 4) is 0 Å². The van der Waals surface area contributed by atoms with Gasteiger partial charge in [-0.3, -0.25) is 4.79 Å². The molecule has 3 N–H and O–H groups in total. The Morgan fingerprint density at radius 1 is 1.21 bits per heavy atom. The highest BCUT2D eigenvalue weighted by molar-refractivity contribution is 5.93. The monoisotopic (exact) mass is 272 g/mol. The molecule has 1 aromatic carbocycles. The van der Waals surface area contributed by atoms with Gasteiger partial charge in [0.1, 0.15) is 0 Å². The van der Waals surface area contributed by atoms with E-state index >= 15 is 0 Å². The van der Waals surface area contributed by atoms with Crippen LogP contribution in [0.15, 0.2) is 18.2 Å². The zero-order valence-electron chi connectivity index (χ0n) is 10.3. The van der Waals surface area contributed by atoms with E-state index in [1.54, 1.807) is 0 Å². The van der Waals surface area contributed by atoms with Gasteiger partial charge in [0.15, 0.2) is 0 Å². The molecule has 0 aromatic heterocycles. The highest BCUT2D eigenvalue weighted by atomic mass is 19.4. The van der Waals surface area contributed by atoms with E-state index in [2.05, 4.69) is 5.32 Å². The molecule has 0 radical (unpaired) electrons. The van der Waals surface area contributed by atoms with E-state index in [4.69, 9.17) is 5.73 Å². The van der Waals surface area contributed by atoms with Crippen molar-refractivity contribution in [1.29, 1.82) is 0 Å². The summed E-state index contributed by atoms with van der Waals surface area (Å²) in [5, 5.41) is 3.15. The second-order valence-corrected chi connectivity index (χ2v) is 4.73. The van der Waals surface area contributed by atoms with Gasteiger partial charge < -0.3 is 11.1 Å². The topological polar surface area (TPSA) is 55.1 Å². The molecule has 6 heteroatoms. The summed E-state index contributed by atoms with van der Waals surface area (Å²) < 4.78 is 38.4. The van der Waals surface area contributed by atoms with Crippen molar-refractivity contribution >= 4 is 5.91 Å². The number of halogens is 3. The molecule has 0 aliphatic carbocycles. The van der Waals surface area contributed by atoms with Gasteiger partial charge in [-0.1, -0.05) is 0 Å². The quantitative estimate of drug-likeness (QED) is 0.867. The summed E-state index contributed by atoms with van der Waals surface area (Å²) in [7, 11) is 0. The van der Waals surface area contributed by atoms with Crippen molar-refractivity contribution in [3.63, 3.8) is 0 Å². The maximum atomic E-state index is 12.8. The van der Waals surface area contributed by atoms with Crippen LogP contribution in [0.25, 0.3) is 0 Å². The number of nitrogens with one attached hydrogen (secondary N) is 1. The van der Waals surface area contributed by atoms with Crippen LogP contribution in [-0.4, -0.2) is 19.0 Å². The van der Waals surface area contributed by atoms with E-state index in [1.165, 1.54) is 6.07 Å². The van der Waals surface area contributed by atoms with E-state index in [0.29, 0.717) is 5.56 Å². The van der Waals surface area contributed by atoms with Crippen molar-refractivity contribution in [1.82, 2.24) is 5.32 Å². The number of nitrogens with two attached hydrogens (primary N) is 1. The number of carbonyl (C=O) groups is 1. The lowest BCUT2D eigenvalue weighted by Crippen LogP contribution is -2.27. The highest BCUT2D eigenvalue weighted by Gasteiger charge is 2.32. The van der Waals surface area contributed by atoms with Crippen LogP contribution < -0.4 is 11.1 Å². The van der Waals surface area contributed by atoms with Crippen molar-refractivity contribution in [3.05, 3.63) is 34.9 Å². The number of primary amides is 1. The molecule has 1 saturated heterocycles. The van der Waals surface area contributed by atoms with E-state index in [0.717, 1.165) is 38.1 Å². The summed E-state index contributed by atoms with van der Waals surface area (Å²) in [6, 6.07) is 3.42. The summed E-state index contributed by atoms with van der Waals surface area (Å²) in [6.45, 7) is 1.54. The number of piperidine rings is 1. The van der Waals surface area contributed by atoms with Crippen molar-refractivity contribution in [2.75, 3.05) is 13.1 Å². The molecular weight excluding hydrogens is 257 g/mol. The molecule has 1 aliphatic rings. The molecule has 1 aliphatic heterocycles. The average molecular weight is 272 g/mol. The van der Waals surface area contributed by atoms with Gasteiger partial charge >= 0.3 is 6.18 Å². The molecule has 1 heterocycles. The number of alkyl halides is 3. The van der Waals surface area contributed by atoms with E-state index < -0.39 is 17.6 Å². The molecular formula is C13H15F3N2O.